The predicted octanol–water partition coefficient (Wildman–Crippen LogP) is 2.48. The Labute approximate surface area is 134 Å². The van der Waals surface area contributed by atoms with E-state index in [-0.39, 0.29) is 28.7 Å². The molecular weight excluding hydrogens is 296 g/mol. The highest BCUT2D eigenvalue weighted by Crippen LogP contribution is 2.57. The molecule has 1 saturated carbocycles. The summed E-state index contributed by atoms with van der Waals surface area (Å²) in [5.74, 6) is 3.04. The second-order valence-electron chi connectivity index (χ2n) is 6.26. The number of carbonyl (C=O) groups is 1. The van der Waals surface area contributed by atoms with Crippen LogP contribution < -0.4 is 4.74 Å². The third-order valence-electron chi connectivity index (χ3n) is 4.91. The fraction of sp³-hybridized carbons (Fsp3) is 0.471. The Morgan fingerprint density at radius 2 is 2.35 bits per heavy atom. The van der Waals surface area contributed by atoms with Gasteiger partial charge < -0.3 is 9.64 Å². The number of piperidine rings is 1. The maximum absolute atomic E-state index is 12.7. The summed E-state index contributed by atoms with van der Waals surface area (Å²) in [6.07, 6.45) is 8.51. The third kappa shape index (κ3) is 2.63. The molecule has 6 heteroatoms. The van der Waals surface area contributed by atoms with Gasteiger partial charge in [0.1, 0.15) is 0 Å². The molecular formula is C17H18N2O4. The normalized spacial score (nSPS) is 25.7. The number of methoxy groups -OCH3 is 1. The highest BCUT2D eigenvalue weighted by molar-refractivity contribution is 5.95. The molecule has 1 aromatic rings. The van der Waals surface area contributed by atoms with E-state index in [1.165, 1.54) is 25.3 Å². The first-order chi connectivity index (χ1) is 11.0. The summed E-state index contributed by atoms with van der Waals surface area (Å²) in [5.41, 5.74) is 0.351. The lowest BCUT2D eigenvalue weighted by atomic mass is 9.92. The first-order valence-electron chi connectivity index (χ1n) is 7.58. The summed E-state index contributed by atoms with van der Waals surface area (Å²) in [5, 5.41) is 10.9. The van der Waals surface area contributed by atoms with E-state index in [4.69, 9.17) is 11.2 Å². The van der Waals surface area contributed by atoms with Gasteiger partial charge in [0.25, 0.3) is 5.91 Å². The van der Waals surface area contributed by atoms with Gasteiger partial charge in [-0.05, 0) is 25.3 Å². The van der Waals surface area contributed by atoms with Crippen molar-refractivity contribution in [1.82, 2.24) is 4.90 Å². The zero-order valence-corrected chi connectivity index (χ0v) is 12.9. The molecule has 1 spiro atoms. The van der Waals surface area contributed by atoms with Gasteiger partial charge in [-0.15, -0.1) is 12.3 Å². The number of likely N-dealkylation sites (tertiary alicyclic amines) is 1. The van der Waals surface area contributed by atoms with E-state index in [1.54, 1.807) is 4.90 Å². The summed E-state index contributed by atoms with van der Waals surface area (Å²) in [4.78, 5) is 24.9. The van der Waals surface area contributed by atoms with Gasteiger partial charge in [-0.3, -0.25) is 14.9 Å². The van der Waals surface area contributed by atoms with E-state index in [9.17, 15) is 14.9 Å². The van der Waals surface area contributed by atoms with Crippen LogP contribution in [0.4, 0.5) is 5.69 Å². The summed E-state index contributed by atoms with van der Waals surface area (Å²) in [7, 11) is 1.36. The first-order valence-corrected chi connectivity index (χ1v) is 7.58. The summed E-state index contributed by atoms with van der Waals surface area (Å²) >= 11 is 0. The van der Waals surface area contributed by atoms with Crippen LogP contribution in [-0.2, 0) is 0 Å². The molecule has 0 unspecified atom stereocenters. The van der Waals surface area contributed by atoms with E-state index in [1.807, 2.05) is 0 Å². The van der Waals surface area contributed by atoms with Crippen LogP contribution in [0.15, 0.2) is 18.2 Å². The molecule has 6 nitrogen and oxygen atoms in total. The molecule has 2 aliphatic rings. The van der Waals surface area contributed by atoms with Crippen LogP contribution in [0.2, 0.25) is 0 Å². The molecule has 0 radical (unpaired) electrons. The van der Waals surface area contributed by atoms with Gasteiger partial charge in [-0.25, -0.2) is 0 Å². The quantitative estimate of drug-likeness (QED) is 0.488. The molecule has 1 amide bonds. The number of hydrogen-bond donors (Lipinski definition) is 0. The van der Waals surface area contributed by atoms with Crippen LogP contribution in [-0.4, -0.2) is 35.9 Å². The van der Waals surface area contributed by atoms with E-state index in [0.717, 1.165) is 19.3 Å². The molecule has 1 aliphatic heterocycles. The number of amides is 1. The molecule has 2 fully saturated rings. The van der Waals surface area contributed by atoms with Gasteiger partial charge in [-0.1, -0.05) is 0 Å². The number of hydrogen-bond acceptors (Lipinski definition) is 4. The smallest absolute Gasteiger partial charge is 0.310 e. The van der Waals surface area contributed by atoms with Crippen LogP contribution in [0.25, 0.3) is 0 Å². The van der Waals surface area contributed by atoms with Crippen LogP contribution in [0.1, 0.15) is 29.6 Å². The van der Waals surface area contributed by atoms with Gasteiger partial charge in [0.2, 0.25) is 0 Å². The molecule has 3 rings (SSSR count). The highest BCUT2D eigenvalue weighted by Gasteiger charge is 2.55. The average Bonchev–Trinajstić information content (AvgIpc) is 3.25. The highest BCUT2D eigenvalue weighted by atomic mass is 16.6. The Morgan fingerprint density at radius 3 is 2.96 bits per heavy atom. The topological polar surface area (TPSA) is 72.7 Å². The van der Waals surface area contributed by atoms with E-state index in [2.05, 4.69) is 5.92 Å². The SMILES string of the molecule is C#C[C@H]1C[C@@]12CCCN(C(=O)c1ccc([N+](=O)[O-])c(OC)c1)C2. The summed E-state index contributed by atoms with van der Waals surface area (Å²) in [6, 6.07) is 4.23. The molecule has 120 valence electrons. The van der Waals surface area contributed by atoms with Crippen molar-refractivity contribution < 1.29 is 14.5 Å². The second kappa shape index (κ2) is 5.58. The molecule has 23 heavy (non-hydrogen) atoms. The van der Waals surface area contributed by atoms with Crippen LogP contribution in [0, 0.1) is 33.8 Å². The van der Waals surface area contributed by atoms with E-state index >= 15 is 0 Å². The minimum Gasteiger partial charge on any atom is -0.490 e. The zero-order chi connectivity index (χ0) is 16.6. The molecule has 0 N–H and O–H groups in total. The fourth-order valence-corrected chi connectivity index (χ4v) is 3.51. The van der Waals surface area contributed by atoms with Crippen LogP contribution >= 0.6 is 0 Å². The summed E-state index contributed by atoms with van der Waals surface area (Å²) < 4.78 is 5.03. The first kappa shape index (κ1) is 15.3. The number of nitrogens with zero attached hydrogens (tertiary/aromatic N) is 2. The largest absolute Gasteiger partial charge is 0.490 e. The predicted molar refractivity (Wildman–Crippen MR) is 84.2 cm³/mol. The molecule has 1 aromatic carbocycles. The molecule has 1 heterocycles. The fourth-order valence-electron chi connectivity index (χ4n) is 3.51. The van der Waals surface area contributed by atoms with Crippen molar-refractivity contribution in [3.05, 3.63) is 33.9 Å². The van der Waals surface area contributed by atoms with Gasteiger partial charge in [-0.2, -0.15) is 0 Å². The molecule has 0 aromatic heterocycles. The van der Waals surface area contributed by atoms with E-state index < -0.39 is 4.92 Å². The Kier molecular flexibility index (Phi) is 3.72. The van der Waals surface area contributed by atoms with Crippen molar-refractivity contribution in [2.75, 3.05) is 20.2 Å². The molecule has 1 aliphatic carbocycles. The van der Waals surface area contributed by atoms with Crippen LogP contribution in [0.5, 0.6) is 5.75 Å². The Morgan fingerprint density at radius 1 is 1.57 bits per heavy atom. The number of rotatable bonds is 3. The minimum absolute atomic E-state index is 0.0908. The number of nitro groups is 1. The lowest BCUT2D eigenvalue weighted by molar-refractivity contribution is -0.385. The average molecular weight is 314 g/mol. The zero-order valence-electron chi connectivity index (χ0n) is 12.9. The van der Waals surface area contributed by atoms with Crippen molar-refractivity contribution in [2.24, 2.45) is 11.3 Å². The van der Waals surface area contributed by atoms with Crippen molar-refractivity contribution in [2.45, 2.75) is 19.3 Å². The number of terminal acetylenes is 1. The number of benzene rings is 1. The molecule has 0 bridgehead atoms. The Hall–Kier alpha value is -2.55. The molecule has 2 atom stereocenters. The van der Waals surface area contributed by atoms with Gasteiger partial charge in [0.05, 0.1) is 12.0 Å². The second-order valence-corrected chi connectivity index (χ2v) is 6.26. The van der Waals surface area contributed by atoms with Gasteiger partial charge in [0, 0.05) is 42.1 Å². The number of ether oxygens (including phenoxy) is 1. The maximum Gasteiger partial charge on any atom is 0.310 e. The minimum atomic E-state index is -0.523. The van der Waals surface area contributed by atoms with Crippen molar-refractivity contribution in [3.8, 4) is 18.1 Å². The standard InChI is InChI=1S/C17H18N2O4/c1-3-13-10-17(13)7-4-8-18(11-17)16(20)12-5-6-14(19(21)22)15(9-12)23-2/h1,5-6,9,13H,4,7-8,10-11H2,2H3/t13-,17+/m0/s1. The summed E-state index contributed by atoms with van der Waals surface area (Å²) in [6.45, 7) is 1.36. The Bertz CT molecular complexity index is 709. The third-order valence-corrected chi connectivity index (χ3v) is 4.91. The molecule has 1 saturated heterocycles. The van der Waals surface area contributed by atoms with Gasteiger partial charge >= 0.3 is 5.69 Å². The van der Waals surface area contributed by atoms with Gasteiger partial charge in [0.15, 0.2) is 5.75 Å². The Balaban J connectivity index is 1.81. The van der Waals surface area contributed by atoms with Crippen LogP contribution in [0.3, 0.4) is 0 Å². The number of nitro benzene ring substituents is 1. The lowest BCUT2D eigenvalue weighted by Crippen LogP contribution is -2.41. The van der Waals surface area contributed by atoms with Crippen molar-refractivity contribution in [1.29, 1.82) is 0 Å². The monoisotopic (exact) mass is 314 g/mol. The maximum atomic E-state index is 12.7. The van der Waals surface area contributed by atoms with Crippen molar-refractivity contribution in [3.63, 3.8) is 0 Å². The lowest BCUT2D eigenvalue weighted by Gasteiger charge is -2.33. The van der Waals surface area contributed by atoms with E-state index in [0.29, 0.717) is 18.7 Å². The number of carbonyl (C=O) groups excluding carboxylic acids is 1. The van der Waals surface area contributed by atoms with Crippen molar-refractivity contribution >= 4 is 11.6 Å².